The van der Waals surface area contributed by atoms with Gasteiger partial charge in [0.05, 0.1) is 11.9 Å². The predicted molar refractivity (Wildman–Crippen MR) is 79.8 cm³/mol. The molecule has 3 rings (SSSR count). The van der Waals surface area contributed by atoms with Gasteiger partial charge in [0, 0.05) is 0 Å². The number of piperazine rings is 1. The van der Waals surface area contributed by atoms with Crippen LogP contribution in [0.15, 0.2) is 11.4 Å². The number of hydrogen-bond acceptors (Lipinski definition) is 8. The molecule has 1 aliphatic rings. The highest BCUT2D eigenvalue weighted by Crippen LogP contribution is 2.33. The number of fused-ring (bicyclic) bond motifs is 1. The highest BCUT2D eigenvalue weighted by atomic mass is 32.1. The van der Waals surface area contributed by atoms with Crippen LogP contribution in [0.1, 0.15) is 13.8 Å². The van der Waals surface area contributed by atoms with Gasteiger partial charge >= 0.3 is 0 Å². The Morgan fingerprint density at radius 2 is 2.19 bits per heavy atom. The van der Waals surface area contributed by atoms with Crippen LogP contribution >= 0.6 is 11.3 Å². The minimum absolute atomic E-state index is 0.0463. The van der Waals surface area contributed by atoms with E-state index in [0.29, 0.717) is 5.82 Å². The van der Waals surface area contributed by atoms with Crippen LogP contribution in [-0.4, -0.2) is 33.9 Å². The molecular weight excluding hydrogens is 292 g/mol. The largest absolute Gasteiger partial charge is 0.332 e. The molecule has 1 saturated heterocycles. The lowest BCUT2D eigenvalue weighted by Gasteiger charge is -2.41. The monoisotopic (exact) mass is 306 g/mol. The van der Waals surface area contributed by atoms with Crippen LogP contribution in [0.5, 0.6) is 0 Å². The average molecular weight is 306 g/mol. The molecule has 0 atom stereocenters. The van der Waals surface area contributed by atoms with Gasteiger partial charge in [-0.25, -0.2) is 10.8 Å². The first kappa shape index (κ1) is 13.7. The third kappa shape index (κ3) is 2.10. The van der Waals surface area contributed by atoms with E-state index < -0.39 is 5.54 Å². The molecule has 3 heterocycles. The maximum atomic E-state index is 12.1. The summed E-state index contributed by atoms with van der Waals surface area (Å²) in [7, 11) is 0. The van der Waals surface area contributed by atoms with Crippen molar-refractivity contribution in [2.75, 3.05) is 16.9 Å². The van der Waals surface area contributed by atoms with Crippen molar-refractivity contribution in [3.8, 4) is 0 Å². The van der Waals surface area contributed by atoms with Crippen molar-refractivity contribution in [1.29, 1.82) is 0 Å². The first-order valence-corrected chi connectivity index (χ1v) is 7.15. The molecule has 21 heavy (non-hydrogen) atoms. The summed E-state index contributed by atoms with van der Waals surface area (Å²) in [5.74, 6) is 5.44. The Bertz CT molecular complexity index is 740. The zero-order chi connectivity index (χ0) is 15.2. The summed E-state index contributed by atoms with van der Waals surface area (Å²) >= 11 is 1.44. The van der Waals surface area contributed by atoms with Crippen molar-refractivity contribution in [1.82, 2.24) is 15.3 Å². The third-order valence-electron chi connectivity index (χ3n) is 3.47. The molecule has 0 saturated carbocycles. The van der Waals surface area contributed by atoms with Crippen molar-refractivity contribution in [3.63, 3.8) is 0 Å². The maximum Gasteiger partial charge on any atom is 0.251 e. The van der Waals surface area contributed by atoms with Gasteiger partial charge in [0.25, 0.3) is 5.91 Å². The normalized spacial score (nSPS) is 18.0. The Balaban J connectivity index is 2.20. The van der Waals surface area contributed by atoms with Crippen molar-refractivity contribution in [3.05, 3.63) is 11.4 Å². The molecule has 110 valence electrons. The zero-order valence-electron chi connectivity index (χ0n) is 11.5. The fourth-order valence-corrected chi connectivity index (χ4v) is 2.99. The number of carbonyl (C=O) groups excluding carboxylic acids is 2. The number of nitrogens with one attached hydrogen (secondary N) is 2. The number of hydrogen-bond donors (Lipinski definition) is 3. The Labute approximate surface area is 124 Å². The first-order chi connectivity index (χ1) is 9.93. The van der Waals surface area contributed by atoms with Gasteiger partial charge in [-0.3, -0.25) is 20.3 Å². The lowest BCUT2D eigenvalue weighted by Crippen LogP contribution is -2.64. The van der Waals surface area contributed by atoms with E-state index in [1.807, 2.05) is 11.4 Å². The summed E-state index contributed by atoms with van der Waals surface area (Å²) < 4.78 is 0. The average Bonchev–Trinajstić information content (AvgIpc) is 2.90. The number of imide groups is 1. The molecule has 0 aromatic carbocycles. The molecule has 2 amide bonds. The molecule has 9 heteroatoms. The van der Waals surface area contributed by atoms with E-state index in [-0.39, 0.29) is 24.3 Å². The van der Waals surface area contributed by atoms with Gasteiger partial charge in [0.2, 0.25) is 11.9 Å². The second-order valence-electron chi connectivity index (χ2n) is 5.18. The fourth-order valence-electron chi connectivity index (χ4n) is 2.23. The van der Waals surface area contributed by atoms with E-state index in [4.69, 9.17) is 5.84 Å². The van der Waals surface area contributed by atoms with Crippen LogP contribution in [0.25, 0.3) is 10.2 Å². The van der Waals surface area contributed by atoms with E-state index in [0.717, 1.165) is 10.2 Å². The molecule has 0 aliphatic carbocycles. The second-order valence-corrected chi connectivity index (χ2v) is 6.07. The molecular formula is C12H14N6O2S. The number of rotatable bonds is 2. The SMILES string of the molecule is CC1(C)C(=O)NC(=O)CN1c1nc(NN)nc2sccc12. The quantitative estimate of drug-likeness (QED) is 0.413. The predicted octanol–water partition coefficient (Wildman–Crippen LogP) is 0.218. The van der Waals surface area contributed by atoms with Gasteiger partial charge in [-0.15, -0.1) is 11.3 Å². The molecule has 0 unspecified atom stereocenters. The summed E-state index contributed by atoms with van der Waals surface area (Å²) in [6, 6.07) is 1.86. The van der Waals surface area contributed by atoms with E-state index in [2.05, 4.69) is 20.7 Å². The van der Waals surface area contributed by atoms with Crippen molar-refractivity contribution in [2.45, 2.75) is 19.4 Å². The lowest BCUT2D eigenvalue weighted by molar-refractivity contribution is -0.135. The molecule has 1 fully saturated rings. The zero-order valence-corrected chi connectivity index (χ0v) is 12.3. The van der Waals surface area contributed by atoms with Crippen LogP contribution in [-0.2, 0) is 9.59 Å². The van der Waals surface area contributed by atoms with Gasteiger partial charge in [-0.05, 0) is 25.3 Å². The van der Waals surface area contributed by atoms with Gasteiger partial charge in [-0.1, -0.05) is 0 Å². The number of thiophene rings is 1. The summed E-state index contributed by atoms with van der Waals surface area (Å²) in [5.41, 5.74) is 1.51. The summed E-state index contributed by atoms with van der Waals surface area (Å²) in [6.07, 6.45) is 0. The minimum atomic E-state index is -0.900. The van der Waals surface area contributed by atoms with Gasteiger partial charge < -0.3 is 4.90 Å². The molecule has 4 N–H and O–H groups in total. The molecule has 0 radical (unpaired) electrons. The Hall–Kier alpha value is -2.26. The topological polar surface area (TPSA) is 113 Å². The first-order valence-electron chi connectivity index (χ1n) is 6.27. The smallest absolute Gasteiger partial charge is 0.251 e. The van der Waals surface area contributed by atoms with E-state index in [1.54, 1.807) is 18.7 Å². The number of carbonyl (C=O) groups is 2. The molecule has 1 aliphatic heterocycles. The number of amides is 2. The van der Waals surface area contributed by atoms with Crippen LogP contribution in [0.3, 0.4) is 0 Å². The Morgan fingerprint density at radius 1 is 1.43 bits per heavy atom. The maximum absolute atomic E-state index is 12.1. The summed E-state index contributed by atoms with van der Waals surface area (Å²) in [5, 5.41) is 5.00. The minimum Gasteiger partial charge on any atom is -0.332 e. The van der Waals surface area contributed by atoms with Crippen LogP contribution in [0.4, 0.5) is 11.8 Å². The van der Waals surface area contributed by atoms with E-state index >= 15 is 0 Å². The summed E-state index contributed by atoms with van der Waals surface area (Å²) in [6.45, 7) is 3.53. The molecule has 2 aromatic rings. The van der Waals surface area contributed by atoms with E-state index in [1.165, 1.54) is 11.3 Å². The number of aromatic nitrogens is 2. The Kier molecular flexibility index (Phi) is 3.03. The molecule has 0 bridgehead atoms. The Morgan fingerprint density at radius 3 is 2.90 bits per heavy atom. The highest BCUT2D eigenvalue weighted by Gasteiger charge is 2.42. The van der Waals surface area contributed by atoms with Gasteiger partial charge in [0.15, 0.2) is 0 Å². The molecule has 0 spiro atoms. The van der Waals surface area contributed by atoms with Crippen molar-refractivity contribution >= 4 is 45.1 Å². The van der Waals surface area contributed by atoms with Crippen molar-refractivity contribution < 1.29 is 9.59 Å². The van der Waals surface area contributed by atoms with Crippen molar-refractivity contribution in [2.24, 2.45) is 5.84 Å². The van der Waals surface area contributed by atoms with Gasteiger partial charge in [-0.2, -0.15) is 4.98 Å². The number of hydrazine groups is 1. The third-order valence-corrected chi connectivity index (χ3v) is 4.28. The summed E-state index contributed by atoms with van der Waals surface area (Å²) in [4.78, 5) is 34.8. The highest BCUT2D eigenvalue weighted by molar-refractivity contribution is 7.16. The number of nitrogen functional groups attached to an aromatic ring is 1. The fraction of sp³-hybridized carbons (Fsp3) is 0.333. The standard InChI is InChI=1S/C12H14N6O2S/c1-12(2)10(20)14-7(19)5-18(12)8-6-3-4-21-9(6)16-11(15-8)17-13/h3-4H,5,13H2,1-2H3,(H,14,19,20)(H,15,16,17). The van der Waals surface area contributed by atoms with Crippen LogP contribution < -0.4 is 21.5 Å². The van der Waals surface area contributed by atoms with Crippen LogP contribution in [0.2, 0.25) is 0 Å². The molecule has 2 aromatic heterocycles. The molecule has 8 nitrogen and oxygen atoms in total. The van der Waals surface area contributed by atoms with Crippen LogP contribution in [0, 0.1) is 0 Å². The number of nitrogens with zero attached hydrogens (tertiary/aromatic N) is 3. The number of nitrogens with two attached hydrogens (primary N) is 1. The number of anilines is 2. The lowest BCUT2D eigenvalue weighted by atomic mass is 9.98. The van der Waals surface area contributed by atoms with Gasteiger partial charge in [0.1, 0.15) is 16.2 Å². The second kappa shape index (κ2) is 4.64. The van der Waals surface area contributed by atoms with E-state index in [9.17, 15) is 9.59 Å².